The Kier molecular flexibility index (Phi) is 6.72. The van der Waals surface area contributed by atoms with Crippen LogP contribution in [0.15, 0.2) is 47.4 Å². The van der Waals surface area contributed by atoms with Gasteiger partial charge >= 0.3 is 0 Å². The Balaban J connectivity index is 1.38. The molecule has 2 saturated heterocycles. The molecule has 7 nitrogen and oxygen atoms in total. The van der Waals surface area contributed by atoms with Gasteiger partial charge in [0.15, 0.2) is 11.5 Å². The average Bonchev–Trinajstić information content (AvgIpc) is 3.07. The molecule has 0 unspecified atom stereocenters. The molecule has 2 aliphatic heterocycles. The largest absolute Gasteiger partial charge is 0.493 e. The van der Waals surface area contributed by atoms with Crippen LogP contribution >= 0.6 is 11.8 Å². The minimum Gasteiger partial charge on any atom is -0.493 e. The molecule has 32 heavy (non-hydrogen) atoms. The molecule has 2 heterocycles. The summed E-state index contributed by atoms with van der Waals surface area (Å²) in [5.74, 6) is 0.935. The number of aryl methyl sites for hydroxylation is 1. The van der Waals surface area contributed by atoms with Gasteiger partial charge in [-0.05, 0) is 54.6 Å². The Morgan fingerprint density at radius 1 is 0.938 bits per heavy atom. The number of anilines is 1. The van der Waals surface area contributed by atoms with Gasteiger partial charge in [0, 0.05) is 31.9 Å². The van der Waals surface area contributed by atoms with Crippen LogP contribution in [0.25, 0.3) is 6.08 Å². The van der Waals surface area contributed by atoms with Gasteiger partial charge < -0.3 is 14.4 Å². The fourth-order valence-corrected chi connectivity index (χ4v) is 4.65. The van der Waals surface area contributed by atoms with Crippen LogP contribution in [0.5, 0.6) is 11.5 Å². The summed E-state index contributed by atoms with van der Waals surface area (Å²) in [7, 11) is 3.14. The standard InChI is InChI=1S/C24H27N3O4S/c1-17-4-7-19(8-5-17)26-12-10-25(11-13-26)16-27-23(28)22(32-24(27)29)15-18-6-9-20(30-2)21(14-18)31-3/h4-9,14-15H,10-13,16H2,1-3H3/b22-15-. The molecule has 2 aliphatic rings. The van der Waals surface area contributed by atoms with Crippen LogP contribution in [0.4, 0.5) is 10.5 Å². The lowest BCUT2D eigenvalue weighted by atomic mass is 10.2. The molecule has 0 saturated carbocycles. The van der Waals surface area contributed by atoms with E-state index in [1.807, 2.05) is 6.07 Å². The van der Waals surface area contributed by atoms with Crippen molar-refractivity contribution < 1.29 is 19.1 Å². The van der Waals surface area contributed by atoms with Crippen LogP contribution in [0.1, 0.15) is 11.1 Å². The SMILES string of the molecule is COc1ccc(/C=C2\SC(=O)N(CN3CCN(c4ccc(C)cc4)CC3)C2=O)cc1OC. The lowest BCUT2D eigenvalue weighted by molar-refractivity contribution is -0.124. The van der Waals surface area contributed by atoms with Crippen molar-refractivity contribution in [3.05, 3.63) is 58.5 Å². The number of hydrogen-bond acceptors (Lipinski definition) is 7. The highest BCUT2D eigenvalue weighted by atomic mass is 32.2. The maximum atomic E-state index is 12.9. The molecule has 0 aromatic heterocycles. The van der Waals surface area contributed by atoms with E-state index in [1.165, 1.54) is 16.2 Å². The van der Waals surface area contributed by atoms with Gasteiger partial charge in [0.05, 0.1) is 25.8 Å². The highest BCUT2D eigenvalue weighted by molar-refractivity contribution is 8.18. The summed E-state index contributed by atoms with van der Waals surface area (Å²) in [6, 6.07) is 13.9. The second-order valence-electron chi connectivity index (χ2n) is 7.81. The van der Waals surface area contributed by atoms with Crippen LogP contribution in [0.3, 0.4) is 0 Å². The molecule has 0 aliphatic carbocycles. The number of hydrogen-bond donors (Lipinski definition) is 0. The molecule has 168 valence electrons. The Labute approximate surface area is 192 Å². The minimum absolute atomic E-state index is 0.234. The maximum Gasteiger partial charge on any atom is 0.294 e. The molecular weight excluding hydrogens is 426 g/mol. The number of benzene rings is 2. The number of methoxy groups -OCH3 is 2. The average molecular weight is 454 g/mol. The summed E-state index contributed by atoms with van der Waals surface area (Å²) in [5, 5.41) is -0.234. The van der Waals surface area contributed by atoms with Gasteiger partial charge in [0.25, 0.3) is 11.1 Å². The smallest absolute Gasteiger partial charge is 0.294 e. The quantitative estimate of drug-likeness (QED) is 0.616. The van der Waals surface area contributed by atoms with Gasteiger partial charge in [-0.2, -0.15) is 0 Å². The zero-order valence-electron chi connectivity index (χ0n) is 18.5. The summed E-state index contributed by atoms with van der Waals surface area (Å²) in [6.07, 6.45) is 1.72. The predicted molar refractivity (Wildman–Crippen MR) is 127 cm³/mol. The number of rotatable bonds is 6. The van der Waals surface area contributed by atoms with E-state index in [1.54, 1.807) is 32.4 Å². The minimum atomic E-state index is -0.254. The van der Waals surface area contributed by atoms with Gasteiger partial charge in [0.1, 0.15) is 0 Å². The molecule has 2 aromatic rings. The molecule has 0 spiro atoms. The summed E-state index contributed by atoms with van der Waals surface area (Å²) >= 11 is 0.977. The number of amides is 2. The van der Waals surface area contributed by atoms with Crippen LogP contribution in [0, 0.1) is 6.92 Å². The van der Waals surface area contributed by atoms with Crippen molar-refractivity contribution in [2.75, 3.05) is 52.0 Å². The lowest BCUT2D eigenvalue weighted by Gasteiger charge is -2.37. The van der Waals surface area contributed by atoms with E-state index in [-0.39, 0.29) is 11.1 Å². The first-order chi connectivity index (χ1) is 15.5. The van der Waals surface area contributed by atoms with Crippen molar-refractivity contribution >= 4 is 34.7 Å². The summed E-state index contributed by atoms with van der Waals surface area (Å²) in [4.78, 5) is 31.7. The van der Waals surface area contributed by atoms with E-state index in [4.69, 9.17) is 9.47 Å². The zero-order valence-corrected chi connectivity index (χ0v) is 19.4. The number of carbonyl (C=O) groups is 2. The normalized spacial score (nSPS) is 18.5. The van der Waals surface area contributed by atoms with Crippen molar-refractivity contribution in [3.63, 3.8) is 0 Å². The summed E-state index contributed by atoms with van der Waals surface area (Å²) in [6.45, 7) is 5.71. The van der Waals surface area contributed by atoms with Crippen molar-refractivity contribution in [2.24, 2.45) is 0 Å². The molecule has 8 heteroatoms. The third-order valence-electron chi connectivity index (χ3n) is 5.69. The molecule has 2 aromatic carbocycles. The number of piperazine rings is 1. The number of imide groups is 1. The Hall–Kier alpha value is -2.97. The fraction of sp³-hybridized carbons (Fsp3) is 0.333. The fourth-order valence-electron chi connectivity index (χ4n) is 3.82. The van der Waals surface area contributed by atoms with Crippen LogP contribution in [0.2, 0.25) is 0 Å². The Bertz CT molecular complexity index is 1030. The first kappa shape index (κ1) is 22.2. The van der Waals surface area contributed by atoms with E-state index in [9.17, 15) is 9.59 Å². The maximum absolute atomic E-state index is 12.9. The van der Waals surface area contributed by atoms with Gasteiger partial charge in [-0.15, -0.1) is 0 Å². The first-order valence-corrected chi connectivity index (χ1v) is 11.3. The summed E-state index contributed by atoms with van der Waals surface area (Å²) in [5.41, 5.74) is 3.23. The summed E-state index contributed by atoms with van der Waals surface area (Å²) < 4.78 is 10.6. The van der Waals surface area contributed by atoms with E-state index in [0.29, 0.717) is 23.1 Å². The molecule has 0 radical (unpaired) electrons. The first-order valence-electron chi connectivity index (χ1n) is 10.5. The number of thioether (sulfide) groups is 1. The van der Waals surface area contributed by atoms with Gasteiger partial charge in [-0.3, -0.25) is 19.4 Å². The zero-order chi connectivity index (χ0) is 22.7. The topological polar surface area (TPSA) is 62.3 Å². The van der Waals surface area contributed by atoms with Crippen molar-refractivity contribution in [3.8, 4) is 11.5 Å². The van der Waals surface area contributed by atoms with Crippen molar-refractivity contribution in [1.82, 2.24) is 9.80 Å². The molecule has 0 bridgehead atoms. The lowest BCUT2D eigenvalue weighted by Crippen LogP contribution is -2.50. The monoisotopic (exact) mass is 453 g/mol. The van der Waals surface area contributed by atoms with Crippen molar-refractivity contribution in [1.29, 1.82) is 0 Å². The van der Waals surface area contributed by atoms with E-state index < -0.39 is 0 Å². The van der Waals surface area contributed by atoms with Crippen molar-refractivity contribution in [2.45, 2.75) is 6.92 Å². The van der Waals surface area contributed by atoms with Crippen LogP contribution < -0.4 is 14.4 Å². The molecule has 2 fully saturated rings. The Morgan fingerprint density at radius 3 is 2.28 bits per heavy atom. The van der Waals surface area contributed by atoms with Gasteiger partial charge in [-0.1, -0.05) is 23.8 Å². The number of carbonyl (C=O) groups excluding carboxylic acids is 2. The molecule has 2 amide bonds. The molecular formula is C24H27N3O4S. The Morgan fingerprint density at radius 2 is 1.62 bits per heavy atom. The number of ether oxygens (including phenoxy) is 2. The van der Waals surface area contributed by atoms with E-state index in [0.717, 1.165) is 43.5 Å². The third kappa shape index (κ3) is 4.76. The highest BCUT2D eigenvalue weighted by Gasteiger charge is 2.36. The number of nitrogens with zero attached hydrogens (tertiary/aromatic N) is 3. The molecule has 4 rings (SSSR count). The van der Waals surface area contributed by atoms with E-state index >= 15 is 0 Å². The van der Waals surface area contributed by atoms with Crippen LogP contribution in [-0.2, 0) is 4.79 Å². The molecule has 0 N–H and O–H groups in total. The van der Waals surface area contributed by atoms with Gasteiger partial charge in [-0.25, -0.2) is 0 Å². The predicted octanol–water partition coefficient (Wildman–Crippen LogP) is 3.83. The van der Waals surface area contributed by atoms with Crippen LogP contribution in [-0.4, -0.2) is 68.0 Å². The van der Waals surface area contributed by atoms with Gasteiger partial charge in [0.2, 0.25) is 0 Å². The highest BCUT2D eigenvalue weighted by Crippen LogP contribution is 2.34. The van der Waals surface area contributed by atoms with E-state index in [2.05, 4.69) is 41.0 Å². The second-order valence-corrected chi connectivity index (χ2v) is 8.80. The molecule has 0 atom stereocenters. The second kappa shape index (κ2) is 9.67. The third-order valence-corrected chi connectivity index (χ3v) is 6.60.